The Morgan fingerprint density at radius 2 is 1.15 bits per heavy atom. The summed E-state index contributed by atoms with van der Waals surface area (Å²) in [5.41, 5.74) is -5.00. The summed E-state index contributed by atoms with van der Waals surface area (Å²) in [6.45, 7) is 0. The van der Waals surface area contributed by atoms with Gasteiger partial charge in [0.05, 0.1) is 17.2 Å². The average molecular weight is 503 g/mol. The van der Waals surface area contributed by atoms with E-state index in [0.717, 1.165) is 18.2 Å². The van der Waals surface area contributed by atoms with Crippen LogP contribution in [-0.2, 0) is 17.1 Å². The van der Waals surface area contributed by atoms with Crippen LogP contribution in [0.2, 0.25) is 0 Å². The van der Waals surface area contributed by atoms with E-state index in [9.17, 15) is 57.9 Å². The Balaban J connectivity index is 2.46. The lowest BCUT2D eigenvalue weighted by molar-refractivity contribution is -0.269. The summed E-state index contributed by atoms with van der Waals surface area (Å²) >= 11 is 0. The summed E-state index contributed by atoms with van der Waals surface area (Å²) in [6.07, 6.45) is -16.7. The van der Waals surface area contributed by atoms with Crippen molar-refractivity contribution in [1.82, 2.24) is 0 Å². The number of benzene rings is 2. The molecule has 1 unspecified atom stereocenters. The molecule has 182 valence electrons. The van der Waals surface area contributed by atoms with E-state index in [1.54, 1.807) is 0 Å². The first-order valence-corrected chi connectivity index (χ1v) is 8.63. The van der Waals surface area contributed by atoms with Crippen LogP contribution >= 0.6 is 0 Å². The highest BCUT2D eigenvalue weighted by molar-refractivity contribution is 6.14. The fourth-order valence-corrected chi connectivity index (χ4v) is 2.67. The van der Waals surface area contributed by atoms with Crippen molar-refractivity contribution in [2.45, 2.75) is 24.5 Å². The Morgan fingerprint density at radius 3 is 1.50 bits per heavy atom. The maximum absolute atomic E-state index is 13.2. The average Bonchev–Trinajstić information content (AvgIpc) is 2.71. The molecule has 0 fully saturated rings. The molecule has 2 aromatic carbocycles. The third kappa shape index (κ3) is 5.35. The van der Waals surface area contributed by atoms with Crippen LogP contribution in [0.3, 0.4) is 0 Å². The second kappa shape index (κ2) is 8.69. The van der Waals surface area contributed by atoms with Crippen LogP contribution in [0.25, 0.3) is 11.1 Å². The highest BCUT2D eigenvalue weighted by Crippen LogP contribution is 2.40. The van der Waals surface area contributed by atoms with E-state index in [4.69, 9.17) is 5.26 Å². The van der Waals surface area contributed by atoms with Crippen molar-refractivity contribution in [1.29, 1.82) is 5.26 Å². The molecule has 1 atom stereocenters. The van der Waals surface area contributed by atoms with Gasteiger partial charge < -0.3 is 0 Å². The van der Waals surface area contributed by atoms with E-state index in [1.165, 1.54) is 0 Å². The maximum atomic E-state index is 13.2. The third-order valence-electron chi connectivity index (χ3n) is 4.41. The molecule has 34 heavy (non-hydrogen) atoms. The van der Waals surface area contributed by atoms with Crippen molar-refractivity contribution in [3.63, 3.8) is 0 Å². The number of nitrogens with zero attached hydrogens (tertiary/aromatic N) is 1. The second-order valence-corrected chi connectivity index (χ2v) is 6.73. The minimum atomic E-state index is -6.39. The first-order valence-electron chi connectivity index (χ1n) is 8.63. The van der Waals surface area contributed by atoms with Gasteiger partial charge in [0.1, 0.15) is 0 Å². The van der Waals surface area contributed by atoms with Gasteiger partial charge in [0, 0.05) is 5.56 Å². The first kappa shape index (κ1) is 26.7. The van der Waals surface area contributed by atoms with Gasteiger partial charge in [-0.15, -0.1) is 0 Å². The quantitative estimate of drug-likeness (QED) is 0.267. The number of ketones is 2. The molecule has 0 saturated heterocycles. The van der Waals surface area contributed by atoms with Gasteiger partial charge >= 0.3 is 24.5 Å². The number of alkyl halides is 11. The Hall–Kier alpha value is -3.50. The second-order valence-electron chi connectivity index (χ2n) is 6.73. The lowest BCUT2D eigenvalue weighted by Crippen LogP contribution is -2.48. The third-order valence-corrected chi connectivity index (χ3v) is 4.41. The molecule has 0 radical (unpaired) electrons. The van der Waals surface area contributed by atoms with Crippen molar-refractivity contribution >= 4 is 11.6 Å². The van der Waals surface area contributed by atoms with Crippen LogP contribution in [-0.4, -0.2) is 23.7 Å². The Bertz CT molecular complexity index is 1110. The summed E-state index contributed by atoms with van der Waals surface area (Å²) < 4.78 is 142. The summed E-state index contributed by atoms with van der Waals surface area (Å²) in [4.78, 5) is 23.7. The zero-order chi connectivity index (χ0) is 26.3. The molecule has 0 heterocycles. The van der Waals surface area contributed by atoms with Crippen molar-refractivity contribution < 1.29 is 57.9 Å². The highest BCUT2D eigenvalue weighted by Gasteiger charge is 2.65. The van der Waals surface area contributed by atoms with Gasteiger partial charge in [0.2, 0.25) is 5.78 Å². The Morgan fingerprint density at radius 1 is 0.706 bits per heavy atom. The number of hydrogen-bond donors (Lipinski definition) is 0. The van der Waals surface area contributed by atoms with E-state index in [-0.39, 0.29) is 11.6 Å². The standard InChI is InChI=1S/C20H8F11NO2/c21-17(22,20(29,30)31)16(34)14(8-32)15(33)10-3-1-9(2-4-10)11-5-12(18(23,24)25)7-13(6-11)19(26,27)28/h1-7,14H. The maximum Gasteiger partial charge on any atom is 0.461 e. The van der Waals surface area contributed by atoms with E-state index in [1.807, 2.05) is 0 Å². The molecular weight excluding hydrogens is 495 g/mol. The first-order chi connectivity index (χ1) is 15.3. The minimum absolute atomic E-state index is 0.134. The van der Waals surface area contributed by atoms with Gasteiger partial charge in [-0.3, -0.25) is 9.59 Å². The number of halogens is 11. The number of carbonyl (C=O) groups excluding carboxylic acids is 2. The van der Waals surface area contributed by atoms with Gasteiger partial charge in [-0.1, -0.05) is 24.3 Å². The van der Waals surface area contributed by atoms with Gasteiger partial charge in [-0.2, -0.15) is 53.6 Å². The summed E-state index contributed by atoms with van der Waals surface area (Å²) in [7, 11) is 0. The van der Waals surface area contributed by atoms with Gasteiger partial charge in [-0.05, 0) is 29.3 Å². The van der Waals surface area contributed by atoms with E-state index >= 15 is 0 Å². The number of Topliss-reactive ketones (excluding diaryl/α,β-unsaturated/α-hetero) is 2. The summed E-state index contributed by atoms with van der Waals surface area (Å²) in [6, 6.07) is 4.16. The van der Waals surface area contributed by atoms with Crippen molar-refractivity contribution in [3.05, 3.63) is 59.2 Å². The van der Waals surface area contributed by atoms with Crippen molar-refractivity contribution in [2.24, 2.45) is 5.92 Å². The fourth-order valence-electron chi connectivity index (χ4n) is 2.67. The van der Waals surface area contributed by atoms with E-state index in [2.05, 4.69) is 0 Å². The monoisotopic (exact) mass is 503 g/mol. The fraction of sp³-hybridized carbons (Fsp3) is 0.250. The van der Waals surface area contributed by atoms with E-state index < -0.39 is 64.2 Å². The molecule has 0 aliphatic carbocycles. The molecule has 0 bridgehead atoms. The highest BCUT2D eigenvalue weighted by atomic mass is 19.4. The number of carbonyl (C=O) groups is 2. The van der Waals surface area contributed by atoms with Crippen molar-refractivity contribution in [2.75, 3.05) is 0 Å². The Labute approximate surface area is 182 Å². The van der Waals surface area contributed by atoms with Crippen LogP contribution in [0.4, 0.5) is 48.3 Å². The lowest BCUT2D eigenvalue weighted by Gasteiger charge is -2.20. The zero-order valence-electron chi connectivity index (χ0n) is 16.0. The van der Waals surface area contributed by atoms with Gasteiger partial charge in [-0.25, -0.2) is 0 Å². The molecule has 14 heteroatoms. The minimum Gasteiger partial charge on any atom is -0.292 e. The number of nitriles is 1. The molecule has 3 nitrogen and oxygen atoms in total. The lowest BCUT2D eigenvalue weighted by atomic mass is 9.90. The molecule has 0 spiro atoms. The normalized spacial score (nSPS) is 13.8. The molecule has 0 aliphatic rings. The molecule has 0 aromatic heterocycles. The number of rotatable bonds is 5. The van der Waals surface area contributed by atoms with E-state index in [0.29, 0.717) is 24.3 Å². The SMILES string of the molecule is N#CC(C(=O)c1ccc(-c2cc(C(F)(F)F)cc(C(F)(F)F)c2)cc1)C(=O)C(F)(F)C(F)(F)F. The zero-order valence-corrected chi connectivity index (χ0v) is 16.0. The van der Waals surface area contributed by atoms with Crippen LogP contribution in [0.5, 0.6) is 0 Å². The molecular formula is C20H8F11NO2. The predicted octanol–water partition coefficient (Wildman–Crippen LogP) is 6.48. The molecule has 0 amide bonds. The van der Waals surface area contributed by atoms with Gasteiger partial charge in [0.15, 0.2) is 11.7 Å². The molecule has 0 saturated carbocycles. The molecule has 0 aliphatic heterocycles. The molecule has 0 N–H and O–H groups in total. The molecule has 2 aromatic rings. The summed E-state index contributed by atoms with van der Waals surface area (Å²) in [5.74, 6) is -13.9. The Kier molecular flexibility index (Phi) is 6.84. The van der Waals surface area contributed by atoms with Crippen LogP contribution in [0.1, 0.15) is 21.5 Å². The van der Waals surface area contributed by atoms with Crippen molar-refractivity contribution in [3.8, 4) is 17.2 Å². The summed E-state index contributed by atoms with van der Waals surface area (Å²) in [5, 5.41) is 8.80. The predicted molar refractivity (Wildman–Crippen MR) is 91.3 cm³/mol. The largest absolute Gasteiger partial charge is 0.461 e. The molecule has 2 rings (SSSR count). The van der Waals surface area contributed by atoms with Crippen LogP contribution in [0, 0.1) is 17.2 Å². The van der Waals surface area contributed by atoms with Gasteiger partial charge in [0.25, 0.3) is 0 Å². The topological polar surface area (TPSA) is 57.9 Å². The van der Waals surface area contributed by atoms with Crippen LogP contribution in [0.15, 0.2) is 42.5 Å². The number of hydrogen-bond acceptors (Lipinski definition) is 3. The van der Waals surface area contributed by atoms with Crippen LogP contribution < -0.4 is 0 Å². The smallest absolute Gasteiger partial charge is 0.292 e.